The standard InChI is InChI=1S/C14H23N3O2/c1-3-8-17-11(2)15-16-12(17)9-14(10-13(18)19)6-4-5-7-14/h3-10H2,1-2H3,(H,18,19). The molecule has 0 spiro atoms. The summed E-state index contributed by atoms with van der Waals surface area (Å²) in [5, 5.41) is 17.6. The van der Waals surface area contributed by atoms with Crippen molar-refractivity contribution in [2.75, 3.05) is 0 Å². The van der Waals surface area contributed by atoms with Gasteiger partial charge in [0, 0.05) is 13.0 Å². The second-order valence-electron chi connectivity index (χ2n) is 5.77. The Bertz CT molecular complexity index is 448. The molecule has 0 radical (unpaired) electrons. The molecule has 1 aliphatic rings. The molecular formula is C14H23N3O2. The van der Waals surface area contributed by atoms with E-state index in [2.05, 4.69) is 21.7 Å². The minimum Gasteiger partial charge on any atom is -0.481 e. The number of carboxylic acid groups (broad SMARTS) is 1. The van der Waals surface area contributed by atoms with Gasteiger partial charge >= 0.3 is 5.97 Å². The van der Waals surface area contributed by atoms with Gasteiger partial charge in [0.25, 0.3) is 0 Å². The molecule has 0 aromatic carbocycles. The topological polar surface area (TPSA) is 68.0 Å². The summed E-state index contributed by atoms with van der Waals surface area (Å²) in [5.41, 5.74) is -0.100. The lowest BCUT2D eigenvalue weighted by Crippen LogP contribution is -2.25. The highest BCUT2D eigenvalue weighted by molar-refractivity contribution is 5.67. The Kier molecular flexibility index (Phi) is 4.22. The van der Waals surface area contributed by atoms with Crippen LogP contribution in [0.1, 0.15) is 57.1 Å². The van der Waals surface area contributed by atoms with Crippen molar-refractivity contribution >= 4 is 5.97 Å². The summed E-state index contributed by atoms with van der Waals surface area (Å²) in [4.78, 5) is 11.1. The van der Waals surface area contributed by atoms with Gasteiger partial charge in [-0.25, -0.2) is 0 Å². The third-order valence-corrected chi connectivity index (χ3v) is 4.18. The molecule has 5 heteroatoms. The fraction of sp³-hybridized carbons (Fsp3) is 0.786. The molecule has 0 bridgehead atoms. The molecule has 0 atom stereocenters. The van der Waals surface area contributed by atoms with Crippen LogP contribution in [0.5, 0.6) is 0 Å². The van der Waals surface area contributed by atoms with Crippen molar-refractivity contribution in [2.24, 2.45) is 5.41 Å². The van der Waals surface area contributed by atoms with E-state index < -0.39 is 5.97 Å². The minimum absolute atomic E-state index is 0.100. The van der Waals surface area contributed by atoms with Gasteiger partial charge in [-0.05, 0) is 31.6 Å². The Morgan fingerprint density at radius 2 is 2.05 bits per heavy atom. The van der Waals surface area contributed by atoms with Gasteiger partial charge in [-0.3, -0.25) is 4.79 Å². The Morgan fingerprint density at radius 1 is 1.37 bits per heavy atom. The highest BCUT2D eigenvalue weighted by atomic mass is 16.4. The van der Waals surface area contributed by atoms with E-state index in [1.54, 1.807) is 0 Å². The summed E-state index contributed by atoms with van der Waals surface area (Å²) in [6.07, 6.45) is 6.31. The van der Waals surface area contributed by atoms with Crippen molar-refractivity contribution in [1.29, 1.82) is 0 Å². The molecule has 1 aromatic heterocycles. The van der Waals surface area contributed by atoms with Crippen LogP contribution in [0.15, 0.2) is 0 Å². The first-order valence-corrected chi connectivity index (χ1v) is 7.17. The Labute approximate surface area is 114 Å². The van der Waals surface area contributed by atoms with Crippen molar-refractivity contribution in [3.8, 4) is 0 Å². The second-order valence-corrected chi connectivity index (χ2v) is 5.77. The molecule has 1 heterocycles. The molecule has 5 nitrogen and oxygen atoms in total. The predicted molar refractivity (Wildman–Crippen MR) is 71.9 cm³/mol. The summed E-state index contributed by atoms with van der Waals surface area (Å²) in [7, 11) is 0. The zero-order valence-corrected chi connectivity index (χ0v) is 11.9. The quantitative estimate of drug-likeness (QED) is 0.858. The minimum atomic E-state index is -0.694. The molecule has 0 unspecified atom stereocenters. The molecule has 106 valence electrons. The van der Waals surface area contributed by atoms with Gasteiger partial charge in [0.05, 0.1) is 6.42 Å². The van der Waals surface area contributed by atoms with Gasteiger partial charge in [0.15, 0.2) is 0 Å². The lowest BCUT2D eigenvalue weighted by Gasteiger charge is -2.26. The van der Waals surface area contributed by atoms with E-state index in [9.17, 15) is 4.79 Å². The highest BCUT2D eigenvalue weighted by Gasteiger charge is 2.37. The molecule has 0 saturated heterocycles. The van der Waals surface area contributed by atoms with E-state index in [0.717, 1.165) is 56.7 Å². The number of aromatic nitrogens is 3. The fourth-order valence-electron chi connectivity index (χ4n) is 3.27. The van der Waals surface area contributed by atoms with Crippen LogP contribution < -0.4 is 0 Å². The van der Waals surface area contributed by atoms with Gasteiger partial charge in [0.1, 0.15) is 11.6 Å². The molecule has 0 amide bonds. The van der Waals surface area contributed by atoms with E-state index in [0.29, 0.717) is 0 Å². The molecule has 2 rings (SSSR count). The molecule has 1 aliphatic carbocycles. The number of nitrogens with zero attached hydrogens (tertiary/aromatic N) is 3. The van der Waals surface area contributed by atoms with Crippen LogP contribution in [0, 0.1) is 12.3 Å². The summed E-state index contributed by atoms with van der Waals surface area (Å²) in [5.74, 6) is 1.20. The van der Waals surface area contributed by atoms with Crippen LogP contribution in [-0.2, 0) is 17.8 Å². The van der Waals surface area contributed by atoms with E-state index in [1.165, 1.54) is 0 Å². The van der Waals surface area contributed by atoms with Crippen molar-refractivity contribution in [1.82, 2.24) is 14.8 Å². The lowest BCUT2D eigenvalue weighted by atomic mass is 9.79. The number of aryl methyl sites for hydroxylation is 1. The van der Waals surface area contributed by atoms with Crippen molar-refractivity contribution in [3.05, 3.63) is 11.6 Å². The number of carbonyl (C=O) groups is 1. The summed E-state index contributed by atoms with van der Waals surface area (Å²) in [6, 6.07) is 0. The fourth-order valence-corrected chi connectivity index (χ4v) is 3.27. The maximum Gasteiger partial charge on any atom is 0.303 e. The first-order valence-electron chi connectivity index (χ1n) is 7.17. The molecule has 1 saturated carbocycles. The van der Waals surface area contributed by atoms with Gasteiger partial charge in [-0.1, -0.05) is 19.8 Å². The van der Waals surface area contributed by atoms with Crippen LogP contribution in [0.4, 0.5) is 0 Å². The molecule has 1 aromatic rings. The average molecular weight is 265 g/mol. The van der Waals surface area contributed by atoms with E-state index in [1.807, 2.05) is 6.92 Å². The number of hydrogen-bond acceptors (Lipinski definition) is 3. The molecule has 19 heavy (non-hydrogen) atoms. The normalized spacial score (nSPS) is 17.8. The highest BCUT2D eigenvalue weighted by Crippen LogP contribution is 2.43. The maximum atomic E-state index is 11.1. The second kappa shape index (κ2) is 5.72. The van der Waals surface area contributed by atoms with E-state index in [4.69, 9.17) is 5.11 Å². The zero-order valence-electron chi connectivity index (χ0n) is 11.9. The predicted octanol–water partition coefficient (Wildman–Crippen LogP) is 2.57. The molecule has 0 aliphatic heterocycles. The van der Waals surface area contributed by atoms with Crippen LogP contribution >= 0.6 is 0 Å². The van der Waals surface area contributed by atoms with Gasteiger partial charge < -0.3 is 9.67 Å². The molecule has 1 fully saturated rings. The smallest absolute Gasteiger partial charge is 0.303 e. The number of carboxylic acids is 1. The van der Waals surface area contributed by atoms with Crippen molar-refractivity contribution in [2.45, 2.75) is 65.3 Å². The maximum absolute atomic E-state index is 11.1. The Balaban J connectivity index is 2.19. The molecule has 1 N–H and O–H groups in total. The third kappa shape index (κ3) is 3.14. The Morgan fingerprint density at radius 3 is 2.63 bits per heavy atom. The lowest BCUT2D eigenvalue weighted by molar-refractivity contribution is -0.139. The SMILES string of the molecule is CCCn1c(C)nnc1CC1(CC(=O)O)CCCC1. The Hall–Kier alpha value is -1.39. The third-order valence-electron chi connectivity index (χ3n) is 4.18. The monoisotopic (exact) mass is 265 g/mol. The van der Waals surface area contributed by atoms with Crippen molar-refractivity contribution < 1.29 is 9.90 Å². The summed E-state index contributed by atoms with van der Waals surface area (Å²) in [6.45, 7) is 5.01. The zero-order chi connectivity index (χ0) is 13.9. The average Bonchev–Trinajstić information content (AvgIpc) is 2.91. The summed E-state index contributed by atoms with van der Waals surface area (Å²) >= 11 is 0. The molecular weight excluding hydrogens is 242 g/mol. The largest absolute Gasteiger partial charge is 0.481 e. The number of aliphatic carboxylic acids is 1. The number of rotatable bonds is 6. The van der Waals surface area contributed by atoms with Crippen molar-refractivity contribution in [3.63, 3.8) is 0 Å². The van der Waals surface area contributed by atoms with Gasteiger partial charge in [-0.2, -0.15) is 0 Å². The van der Waals surface area contributed by atoms with Crippen LogP contribution in [-0.4, -0.2) is 25.8 Å². The van der Waals surface area contributed by atoms with E-state index in [-0.39, 0.29) is 11.8 Å². The van der Waals surface area contributed by atoms with Crippen LogP contribution in [0.2, 0.25) is 0 Å². The first kappa shape index (κ1) is 14.0. The number of hydrogen-bond donors (Lipinski definition) is 1. The summed E-state index contributed by atoms with van der Waals surface area (Å²) < 4.78 is 2.14. The van der Waals surface area contributed by atoms with Crippen LogP contribution in [0.3, 0.4) is 0 Å². The van der Waals surface area contributed by atoms with Gasteiger partial charge in [0.2, 0.25) is 0 Å². The van der Waals surface area contributed by atoms with Crippen LogP contribution in [0.25, 0.3) is 0 Å². The van der Waals surface area contributed by atoms with E-state index >= 15 is 0 Å². The van der Waals surface area contributed by atoms with Gasteiger partial charge in [-0.15, -0.1) is 10.2 Å². The first-order chi connectivity index (χ1) is 9.06.